The van der Waals surface area contributed by atoms with Gasteiger partial charge in [-0.2, -0.15) is 0 Å². The van der Waals surface area contributed by atoms with Gasteiger partial charge in [-0.15, -0.1) is 0 Å². The number of aliphatic hydroxyl groups is 2. The van der Waals surface area contributed by atoms with E-state index in [0.29, 0.717) is 25.3 Å². The van der Waals surface area contributed by atoms with Crippen LogP contribution >= 0.6 is 0 Å². The molecule has 0 radical (unpaired) electrons. The molecule has 0 heterocycles. The molecule has 2 atom stereocenters. The number of aliphatic hydroxyl groups excluding tert-OH is 2. The summed E-state index contributed by atoms with van der Waals surface area (Å²) in [5.74, 6) is -2.82. The van der Waals surface area contributed by atoms with Crippen molar-refractivity contribution in [2.75, 3.05) is 33.5 Å². The molecular weight excluding hydrogens is 484 g/mol. The van der Waals surface area contributed by atoms with Crippen LogP contribution in [0.2, 0.25) is 38.3 Å². The average Bonchev–Trinajstić information content (AvgIpc) is 2.83. The second-order valence-corrected chi connectivity index (χ2v) is 17.3. The average molecular weight is 531 g/mol. The van der Waals surface area contributed by atoms with E-state index in [1.54, 1.807) is 0 Å². The molecule has 0 aliphatic rings. The van der Waals surface area contributed by atoms with Gasteiger partial charge in [-0.1, -0.05) is 7.40 Å². The zero-order chi connectivity index (χ0) is 28.4. The fourth-order valence-electron chi connectivity index (χ4n) is 2.64. The summed E-state index contributed by atoms with van der Waals surface area (Å²) in [6, 6.07) is -1.38. The lowest BCUT2D eigenvalue weighted by Gasteiger charge is -2.26. The van der Waals surface area contributed by atoms with Crippen molar-refractivity contribution in [3.63, 3.8) is 0 Å². The first kappa shape index (κ1) is 30.2. The lowest BCUT2D eigenvalue weighted by molar-refractivity contribution is -0.146. The minimum Gasteiger partial charge on any atom is -0.480 e. The number of carboxylic acid groups (broad SMARTS) is 1. The molecular formula is C20H42N2O10Si2. The van der Waals surface area contributed by atoms with Crippen LogP contribution in [0, 0.1) is 0 Å². The summed E-state index contributed by atoms with van der Waals surface area (Å²) >= 11 is 0. The predicted octanol–water partition coefficient (Wildman–Crippen LogP) is 0.0579. The number of rotatable bonds is 18. The fourth-order valence-corrected chi connectivity index (χ4v) is 5.86. The molecule has 0 aliphatic carbocycles. The van der Waals surface area contributed by atoms with E-state index >= 15 is 0 Å². The molecule has 0 aromatic rings. The molecule has 2 unspecified atom stereocenters. The van der Waals surface area contributed by atoms with E-state index in [9.17, 15) is 19.2 Å². The van der Waals surface area contributed by atoms with Crippen molar-refractivity contribution in [3.05, 3.63) is 0 Å². The monoisotopic (exact) mass is 530 g/mol. The summed E-state index contributed by atoms with van der Waals surface area (Å²) in [7, 11) is -1.96. The molecule has 5 N–H and O–H groups in total. The number of hydrogen-bond donors (Lipinski definition) is 5. The molecule has 0 rings (SSSR count). The molecule has 0 saturated carbocycles. The molecule has 0 aromatic carbocycles. The highest BCUT2D eigenvalue weighted by Crippen LogP contribution is 2.16. The zero-order valence-corrected chi connectivity index (χ0v) is 23.0. The van der Waals surface area contributed by atoms with Crippen molar-refractivity contribution >= 4 is 40.4 Å². The molecule has 14 heteroatoms. The summed E-state index contributed by atoms with van der Waals surface area (Å²) in [5, 5.41) is 26.8. The van der Waals surface area contributed by atoms with E-state index in [1.165, 1.54) is 14.5 Å². The van der Waals surface area contributed by atoms with Crippen LogP contribution in [0.25, 0.3) is 0 Å². The van der Waals surface area contributed by atoms with Crippen LogP contribution < -0.4 is 10.6 Å². The SMILES string of the molecule is [3H]C.[3H]OCC(NC(=O)CC[Si](C)(C)OCCO[Si](C)(C)CCC(=O)NC(CO)C(=O)O)C(=O)OC. The number of amides is 2. The maximum absolute atomic E-state index is 12.1. The number of carboxylic acids is 1. The smallest absolute Gasteiger partial charge is 0.330 e. The first-order valence-electron chi connectivity index (χ1n) is 12.0. The Balaban J connectivity index is 0. The highest BCUT2D eigenvalue weighted by Gasteiger charge is 2.28. The van der Waals surface area contributed by atoms with Gasteiger partial charge in [0.2, 0.25) is 13.2 Å². The van der Waals surface area contributed by atoms with E-state index in [4.69, 9.17) is 21.9 Å². The molecule has 0 saturated heterocycles. The zero-order valence-electron chi connectivity index (χ0n) is 23.0. The predicted molar refractivity (Wildman–Crippen MR) is 130 cm³/mol. The maximum atomic E-state index is 12.1. The Kier molecular flexibility index (Phi) is 14.8. The Morgan fingerprint density at radius 3 is 1.71 bits per heavy atom. The molecule has 0 bridgehead atoms. The van der Waals surface area contributed by atoms with Gasteiger partial charge in [-0.25, -0.2) is 9.59 Å². The number of carbonyl (C=O) groups is 4. The molecule has 12 nitrogen and oxygen atoms in total. The highest BCUT2D eigenvalue weighted by atomic mass is 28.4. The Morgan fingerprint density at radius 1 is 0.912 bits per heavy atom. The van der Waals surface area contributed by atoms with Crippen molar-refractivity contribution in [1.82, 2.24) is 10.6 Å². The van der Waals surface area contributed by atoms with Gasteiger partial charge in [0, 0.05) is 14.2 Å². The Morgan fingerprint density at radius 2 is 1.35 bits per heavy atom. The fraction of sp³-hybridized carbons (Fsp3) is 0.800. The van der Waals surface area contributed by atoms with Crippen LogP contribution in [0.15, 0.2) is 0 Å². The maximum Gasteiger partial charge on any atom is 0.330 e. The Labute approximate surface area is 206 Å². The lowest BCUT2D eigenvalue weighted by Crippen LogP contribution is -2.45. The van der Waals surface area contributed by atoms with Gasteiger partial charge >= 0.3 is 11.9 Å². The van der Waals surface area contributed by atoms with E-state index in [1.807, 2.05) is 26.2 Å². The molecule has 2 amide bonds. The van der Waals surface area contributed by atoms with Crippen molar-refractivity contribution in [2.45, 2.75) is 70.6 Å². The normalized spacial score (nSPS) is 13.9. The third-order valence-electron chi connectivity index (χ3n) is 4.78. The standard InChI is InChI=1S/C19H38N2O10Si2.CH4/c1-29-19(28)15(13-23)21-17(25)7-11-33(4,5)31-9-8-30-32(2,3)10-6-16(24)20-14(12-22)18(26)27;/h14-15,22-23H,6-13H2,1-5H3,(H,20,24)(H,21,25)(H,26,27);1H4/i23T;1T. The van der Waals surface area contributed by atoms with Crippen molar-refractivity contribution in [2.24, 2.45) is 0 Å². The minimum atomic E-state index is -2.20. The van der Waals surface area contributed by atoms with Gasteiger partial charge < -0.3 is 39.5 Å². The van der Waals surface area contributed by atoms with E-state index in [2.05, 4.69) is 20.5 Å². The first-order chi connectivity index (χ1) is 16.8. The second-order valence-electron chi connectivity index (χ2n) is 8.67. The largest absolute Gasteiger partial charge is 0.480 e. The molecule has 34 heavy (non-hydrogen) atoms. The third-order valence-corrected chi connectivity index (χ3v) is 9.66. The number of carbonyl (C=O) groups excluding carboxylic acids is 3. The third kappa shape index (κ3) is 15.1. The van der Waals surface area contributed by atoms with Gasteiger partial charge in [0.1, 0.15) is 6.04 Å². The van der Waals surface area contributed by atoms with Gasteiger partial charge in [-0.05, 0) is 38.3 Å². The number of hydrogen-bond acceptors (Lipinski definition) is 9. The van der Waals surface area contributed by atoms with Crippen LogP contribution in [0.4, 0.5) is 0 Å². The van der Waals surface area contributed by atoms with Gasteiger partial charge in [-0.3, -0.25) is 9.59 Å². The number of aliphatic carboxylic acids is 1. The first-order valence-corrected chi connectivity index (χ1v) is 16.9. The summed E-state index contributed by atoms with van der Waals surface area (Å²) in [6.45, 7) is 7.45. The van der Waals surface area contributed by atoms with Gasteiger partial charge in [0.15, 0.2) is 22.7 Å². The highest BCUT2D eigenvalue weighted by molar-refractivity contribution is 6.71. The van der Waals surface area contributed by atoms with E-state index in [-0.39, 0.29) is 25.4 Å². The number of methoxy groups -OCH3 is 1. The summed E-state index contributed by atoms with van der Waals surface area (Å²) in [5.41, 5.74) is 0. The summed E-state index contributed by atoms with van der Waals surface area (Å²) in [6.07, 6.45) is 0.239. The second kappa shape index (κ2) is 16.7. The quantitative estimate of drug-likeness (QED) is 0.0923. The number of esters is 1. The Hall–Kier alpha value is -1.85. The molecule has 0 aromatic heterocycles. The number of ether oxygens (including phenoxy) is 1. The van der Waals surface area contributed by atoms with Gasteiger partial charge in [0.05, 0.1) is 33.5 Å². The molecule has 0 spiro atoms. The van der Waals surface area contributed by atoms with Crippen molar-refractivity contribution < 1.29 is 49.5 Å². The van der Waals surface area contributed by atoms with Crippen LogP contribution in [0.5, 0.6) is 0 Å². The molecule has 200 valence electrons. The van der Waals surface area contributed by atoms with E-state index < -0.39 is 53.2 Å². The summed E-state index contributed by atoms with van der Waals surface area (Å²) < 4.78 is 28.9. The van der Waals surface area contributed by atoms with Crippen molar-refractivity contribution in [3.8, 4) is 0 Å². The van der Waals surface area contributed by atoms with Crippen LogP contribution in [0.1, 0.15) is 21.6 Å². The van der Waals surface area contributed by atoms with Crippen molar-refractivity contribution in [1.29, 1.82) is 1.43 Å². The lowest BCUT2D eigenvalue weighted by atomic mass is 10.3. The topological polar surface area (TPSA) is 181 Å². The Bertz CT molecular complexity index is 687. The van der Waals surface area contributed by atoms with Crippen LogP contribution in [-0.4, -0.2) is 103 Å². The molecule has 0 fully saturated rings. The van der Waals surface area contributed by atoms with Crippen LogP contribution in [0.3, 0.4) is 0 Å². The minimum absolute atomic E-state index is 0.0943. The van der Waals surface area contributed by atoms with Crippen LogP contribution in [-0.2, 0) is 32.8 Å². The van der Waals surface area contributed by atoms with Gasteiger partial charge in [0.25, 0.3) is 0 Å². The number of nitrogens with one attached hydrogen (secondary N) is 2. The van der Waals surface area contributed by atoms with E-state index in [0.717, 1.165) is 0 Å². The molecule has 0 aliphatic heterocycles. The summed E-state index contributed by atoms with van der Waals surface area (Å²) in [4.78, 5) is 46.5.